The van der Waals surface area contributed by atoms with E-state index in [2.05, 4.69) is 16.0 Å². The Hall–Kier alpha value is -4.16. The Balaban J connectivity index is 1.46. The van der Waals surface area contributed by atoms with Crippen LogP contribution in [0, 0.1) is 0 Å². The number of carbonyl (C=O) groups is 3. The lowest BCUT2D eigenvalue weighted by atomic mass is 10.2. The number of urea groups is 1. The molecule has 4 N–H and O–H groups in total. The van der Waals surface area contributed by atoms with Gasteiger partial charge in [0.05, 0.1) is 4.90 Å². The second-order valence-corrected chi connectivity index (χ2v) is 9.03. The molecule has 3 aromatic rings. The zero-order chi connectivity index (χ0) is 26.3. The molecule has 3 amide bonds. The van der Waals surface area contributed by atoms with Crippen LogP contribution in [-0.4, -0.2) is 38.0 Å². The van der Waals surface area contributed by atoms with Gasteiger partial charge in [-0.15, -0.1) is 3.89 Å². The summed E-state index contributed by atoms with van der Waals surface area (Å²) in [6, 6.07) is 14.5. The van der Waals surface area contributed by atoms with Crippen molar-refractivity contribution < 1.29 is 36.5 Å². The summed E-state index contributed by atoms with van der Waals surface area (Å²) in [5.74, 6) is -1.70. The second-order valence-electron chi connectivity index (χ2n) is 7.25. The zero-order valence-electron chi connectivity index (χ0n) is 18.3. The maximum absolute atomic E-state index is 12.9. The molecule has 0 spiro atoms. The van der Waals surface area contributed by atoms with Gasteiger partial charge >= 0.3 is 22.2 Å². The smallest absolute Gasteiger partial charge is 0.339 e. The molecule has 0 atom stereocenters. The van der Waals surface area contributed by atoms with Gasteiger partial charge in [-0.1, -0.05) is 23.7 Å². The van der Waals surface area contributed by atoms with Crippen molar-refractivity contribution in [3.63, 3.8) is 0 Å². The van der Waals surface area contributed by atoms with Gasteiger partial charge in [-0.25, -0.2) is 9.59 Å². The third kappa shape index (κ3) is 7.68. The Bertz CT molecular complexity index is 1380. The van der Waals surface area contributed by atoms with Gasteiger partial charge in [-0.2, -0.15) is 8.42 Å². The topological polar surface area (TPSA) is 151 Å². The molecule has 0 aliphatic heterocycles. The van der Waals surface area contributed by atoms with Crippen LogP contribution >= 0.6 is 11.6 Å². The molecule has 0 radical (unpaired) electrons. The van der Waals surface area contributed by atoms with Crippen LogP contribution in [0.25, 0.3) is 0 Å². The molecular weight excluding hydrogens is 517 g/mol. The predicted molar refractivity (Wildman–Crippen MR) is 130 cm³/mol. The van der Waals surface area contributed by atoms with Gasteiger partial charge in [0.25, 0.3) is 5.91 Å². The Labute approximate surface area is 210 Å². The average molecular weight is 536 g/mol. The molecule has 3 rings (SSSR count). The first kappa shape index (κ1) is 26.4. The number of nitrogens with one attached hydrogen (secondary N) is 3. The van der Waals surface area contributed by atoms with Gasteiger partial charge < -0.3 is 25.8 Å². The standard InChI is InChI=1S/C23H19ClFN3O7S/c24-15-3-10-20(19(11-15)22(30)31)35-13-21(29)26-12-14-1-4-16(5-2-14)27-23(32)28-17-6-8-18(9-7-17)36(25,33)34/h1-11H,12-13H2,(H,26,29)(H,30,31)(H2,27,28,32). The number of carbonyl (C=O) groups excluding carboxylic acids is 2. The quantitative estimate of drug-likeness (QED) is 0.302. The number of hydrogen-bond donors (Lipinski definition) is 4. The average Bonchev–Trinajstić information content (AvgIpc) is 2.82. The molecule has 0 heterocycles. The lowest BCUT2D eigenvalue weighted by Crippen LogP contribution is -2.28. The summed E-state index contributed by atoms with van der Waals surface area (Å²) in [6.07, 6.45) is 0. The lowest BCUT2D eigenvalue weighted by Gasteiger charge is -2.11. The van der Waals surface area contributed by atoms with Crippen LogP contribution in [0.3, 0.4) is 0 Å². The fraction of sp³-hybridized carbons (Fsp3) is 0.0870. The molecule has 188 valence electrons. The molecule has 0 aliphatic rings. The van der Waals surface area contributed by atoms with Crippen molar-refractivity contribution in [2.45, 2.75) is 11.4 Å². The molecule has 13 heteroatoms. The Morgan fingerprint density at radius 2 is 1.50 bits per heavy atom. The number of aromatic carboxylic acids is 1. The molecule has 0 aromatic heterocycles. The van der Waals surface area contributed by atoms with Crippen molar-refractivity contribution >= 4 is 51.1 Å². The maximum Gasteiger partial charge on any atom is 0.339 e. The Morgan fingerprint density at radius 1 is 0.917 bits per heavy atom. The summed E-state index contributed by atoms with van der Waals surface area (Å²) in [7, 11) is -4.82. The number of hydrogen-bond acceptors (Lipinski definition) is 6. The van der Waals surface area contributed by atoms with E-state index in [1.165, 1.54) is 30.3 Å². The van der Waals surface area contributed by atoms with Gasteiger partial charge in [0.15, 0.2) is 6.61 Å². The van der Waals surface area contributed by atoms with E-state index in [0.717, 1.165) is 17.7 Å². The number of rotatable bonds is 9. The highest BCUT2D eigenvalue weighted by molar-refractivity contribution is 7.86. The molecule has 0 unspecified atom stereocenters. The lowest BCUT2D eigenvalue weighted by molar-refractivity contribution is -0.123. The van der Waals surface area contributed by atoms with Crippen LogP contribution in [0.1, 0.15) is 15.9 Å². The van der Waals surface area contributed by atoms with Crippen LogP contribution in [0.15, 0.2) is 71.6 Å². The number of ether oxygens (including phenoxy) is 1. The summed E-state index contributed by atoms with van der Waals surface area (Å²) in [5.41, 5.74) is 1.26. The number of halogens is 2. The number of carboxylic acids is 1. The monoisotopic (exact) mass is 535 g/mol. The SMILES string of the molecule is O=C(COc1ccc(Cl)cc1C(=O)O)NCc1ccc(NC(=O)Nc2ccc(S(=O)(=O)F)cc2)cc1. The first-order chi connectivity index (χ1) is 17.0. The predicted octanol–water partition coefficient (Wildman–Crippen LogP) is 4.04. The van der Waals surface area contributed by atoms with Gasteiger partial charge in [-0.05, 0) is 60.2 Å². The van der Waals surface area contributed by atoms with Crippen LogP contribution < -0.4 is 20.7 Å². The maximum atomic E-state index is 12.9. The molecule has 0 aliphatic carbocycles. The normalized spacial score (nSPS) is 10.8. The highest BCUT2D eigenvalue weighted by Gasteiger charge is 2.14. The number of amides is 3. The van der Waals surface area contributed by atoms with Crippen LogP contribution in [0.2, 0.25) is 5.02 Å². The van der Waals surface area contributed by atoms with E-state index in [1.54, 1.807) is 24.3 Å². The van der Waals surface area contributed by atoms with E-state index in [1.807, 2.05) is 0 Å². The summed E-state index contributed by atoms with van der Waals surface area (Å²) in [6.45, 7) is -0.245. The highest BCUT2D eigenvalue weighted by atomic mass is 35.5. The minimum absolute atomic E-state index is 0.0131. The first-order valence-corrected chi connectivity index (χ1v) is 11.9. The summed E-state index contributed by atoms with van der Waals surface area (Å²) in [5, 5.41) is 17.1. The minimum atomic E-state index is -4.82. The molecule has 10 nitrogen and oxygen atoms in total. The van der Waals surface area contributed by atoms with E-state index in [4.69, 9.17) is 16.3 Å². The summed E-state index contributed by atoms with van der Waals surface area (Å²) >= 11 is 5.78. The van der Waals surface area contributed by atoms with E-state index >= 15 is 0 Å². The third-order valence-electron chi connectivity index (χ3n) is 4.63. The minimum Gasteiger partial charge on any atom is -0.483 e. The molecule has 3 aromatic carbocycles. The number of benzene rings is 3. The van der Waals surface area contributed by atoms with Gasteiger partial charge in [0.1, 0.15) is 11.3 Å². The molecule has 0 saturated carbocycles. The largest absolute Gasteiger partial charge is 0.483 e. The van der Waals surface area contributed by atoms with E-state index in [9.17, 15) is 31.8 Å². The van der Waals surface area contributed by atoms with E-state index in [0.29, 0.717) is 5.69 Å². The molecular formula is C23H19ClFN3O7S. The van der Waals surface area contributed by atoms with Crippen molar-refractivity contribution in [3.05, 3.63) is 82.9 Å². The third-order valence-corrected chi connectivity index (χ3v) is 5.70. The van der Waals surface area contributed by atoms with Crippen molar-refractivity contribution in [1.82, 2.24) is 5.32 Å². The van der Waals surface area contributed by atoms with Crippen LogP contribution in [-0.2, 0) is 21.6 Å². The van der Waals surface area contributed by atoms with E-state index < -0.39 is 39.6 Å². The molecule has 0 fully saturated rings. The van der Waals surface area contributed by atoms with Crippen LogP contribution in [0.4, 0.5) is 20.1 Å². The van der Waals surface area contributed by atoms with Crippen LogP contribution in [0.5, 0.6) is 5.75 Å². The second kappa shape index (κ2) is 11.5. The van der Waals surface area contributed by atoms with Crippen molar-refractivity contribution in [3.8, 4) is 5.75 Å². The molecule has 36 heavy (non-hydrogen) atoms. The van der Waals surface area contributed by atoms with Crippen molar-refractivity contribution in [2.75, 3.05) is 17.2 Å². The first-order valence-electron chi connectivity index (χ1n) is 10.2. The van der Waals surface area contributed by atoms with Gasteiger partial charge in [-0.3, -0.25) is 4.79 Å². The summed E-state index contributed by atoms with van der Waals surface area (Å²) in [4.78, 5) is 34.9. The molecule has 0 bridgehead atoms. The summed E-state index contributed by atoms with van der Waals surface area (Å²) < 4.78 is 39.9. The highest BCUT2D eigenvalue weighted by Crippen LogP contribution is 2.23. The fourth-order valence-electron chi connectivity index (χ4n) is 2.89. The Kier molecular flexibility index (Phi) is 8.46. The fourth-order valence-corrected chi connectivity index (χ4v) is 3.52. The number of anilines is 2. The number of carboxylic acid groups (broad SMARTS) is 1. The van der Waals surface area contributed by atoms with Crippen molar-refractivity contribution in [1.29, 1.82) is 0 Å². The van der Waals surface area contributed by atoms with Gasteiger partial charge in [0.2, 0.25) is 0 Å². The van der Waals surface area contributed by atoms with Gasteiger partial charge in [0, 0.05) is 22.9 Å². The van der Waals surface area contributed by atoms with E-state index in [-0.39, 0.29) is 28.6 Å². The Morgan fingerprint density at radius 3 is 2.06 bits per heavy atom. The van der Waals surface area contributed by atoms with Crippen molar-refractivity contribution in [2.24, 2.45) is 0 Å². The molecule has 0 saturated heterocycles. The zero-order valence-corrected chi connectivity index (χ0v) is 19.9.